The Morgan fingerprint density at radius 1 is 0.932 bits per heavy atom. The maximum atomic E-state index is 13.7. The van der Waals surface area contributed by atoms with Crippen LogP contribution >= 0.6 is 27.5 Å². The summed E-state index contributed by atoms with van der Waals surface area (Å²) in [5, 5.41) is 8.44. The second kappa shape index (κ2) is 11.6. The van der Waals surface area contributed by atoms with Crippen molar-refractivity contribution in [3.05, 3.63) is 134 Å². The summed E-state index contributed by atoms with van der Waals surface area (Å²) in [4.78, 5) is 18.4. The fourth-order valence-corrected chi connectivity index (χ4v) is 5.81. The summed E-state index contributed by atoms with van der Waals surface area (Å²) in [5.41, 5.74) is 2.50. The Hall–Kier alpha value is -4.92. The number of para-hydroxylation sites is 1. The number of benzene rings is 5. The number of furan rings is 1. The van der Waals surface area contributed by atoms with Crippen LogP contribution in [0.3, 0.4) is 0 Å². The van der Waals surface area contributed by atoms with E-state index in [-0.39, 0.29) is 11.4 Å². The third-order valence-electron chi connectivity index (χ3n) is 7.28. The van der Waals surface area contributed by atoms with Crippen LogP contribution in [0.2, 0.25) is 5.02 Å². The Kier molecular flexibility index (Phi) is 7.37. The number of hydrogen-bond acceptors (Lipinski definition) is 6. The molecule has 0 aliphatic carbocycles. The highest BCUT2D eigenvalue weighted by Crippen LogP contribution is 2.37. The fraction of sp³-hybridized carbons (Fsp3) is 0.0571. The van der Waals surface area contributed by atoms with Crippen molar-refractivity contribution in [2.45, 2.75) is 6.61 Å². The molecule has 2 heterocycles. The summed E-state index contributed by atoms with van der Waals surface area (Å²) >= 11 is 10.2. The molecule has 9 heteroatoms. The molecule has 7 rings (SSSR count). The quantitative estimate of drug-likeness (QED) is 0.159. The molecule has 5 aromatic carbocycles. The fourth-order valence-electron chi connectivity index (χ4n) is 5.16. The van der Waals surface area contributed by atoms with Crippen LogP contribution in [0.25, 0.3) is 44.2 Å². The molecule has 2 aromatic heterocycles. The van der Waals surface area contributed by atoms with Crippen LogP contribution in [0.4, 0.5) is 0 Å². The van der Waals surface area contributed by atoms with Crippen LogP contribution < -0.4 is 15.0 Å². The van der Waals surface area contributed by atoms with Crippen molar-refractivity contribution in [3.8, 4) is 23.1 Å². The molecule has 216 valence electrons. The van der Waals surface area contributed by atoms with Crippen molar-refractivity contribution >= 4 is 66.4 Å². The molecule has 7 nitrogen and oxygen atoms in total. The highest BCUT2D eigenvalue weighted by atomic mass is 79.9. The van der Waals surface area contributed by atoms with Crippen molar-refractivity contribution < 1.29 is 13.9 Å². The first kappa shape index (κ1) is 27.9. The Morgan fingerprint density at radius 2 is 1.73 bits per heavy atom. The molecule has 0 radical (unpaired) electrons. The SMILES string of the molecule is COc1cc(C=Nn2c(-c3cc4cc(Br)ccc4o3)nc3ccccc3c2=O)cc(Cl)c1OCc1cccc2ccccc12. The molecule has 0 saturated heterocycles. The van der Waals surface area contributed by atoms with Gasteiger partial charge >= 0.3 is 0 Å². The smallest absolute Gasteiger partial charge is 0.282 e. The molecule has 0 aliphatic rings. The predicted molar refractivity (Wildman–Crippen MR) is 178 cm³/mol. The molecule has 0 aliphatic heterocycles. The number of rotatable bonds is 7. The predicted octanol–water partition coefficient (Wildman–Crippen LogP) is 8.85. The third kappa shape index (κ3) is 5.23. The van der Waals surface area contributed by atoms with E-state index < -0.39 is 0 Å². The van der Waals surface area contributed by atoms with Crippen LogP contribution in [0.15, 0.2) is 122 Å². The molecule has 0 amide bonds. The second-order valence-electron chi connectivity index (χ2n) is 10.1. The standard InChI is InChI=1S/C35H23BrClN3O4/c1-42-31-16-21(15-28(37)33(31)43-20-23-9-6-8-22-7-2-3-10-26(22)23)19-38-40-34(39-29-12-5-4-11-27(29)35(40)41)32-18-24-17-25(36)13-14-30(24)44-32/h2-19H,20H2,1H3. The van der Waals surface area contributed by atoms with E-state index in [1.807, 2.05) is 54.6 Å². The minimum atomic E-state index is -0.336. The van der Waals surface area contributed by atoms with Gasteiger partial charge in [0, 0.05) is 9.86 Å². The number of hydrogen-bond donors (Lipinski definition) is 0. The van der Waals surface area contributed by atoms with Crippen molar-refractivity contribution in [2.24, 2.45) is 5.10 Å². The average molecular weight is 665 g/mol. The second-order valence-corrected chi connectivity index (χ2v) is 11.4. The molecule has 0 spiro atoms. The van der Waals surface area contributed by atoms with E-state index in [1.54, 1.807) is 37.4 Å². The van der Waals surface area contributed by atoms with E-state index in [4.69, 9.17) is 30.5 Å². The Morgan fingerprint density at radius 3 is 2.59 bits per heavy atom. The van der Waals surface area contributed by atoms with Gasteiger partial charge < -0.3 is 13.9 Å². The number of nitrogens with zero attached hydrogens (tertiary/aromatic N) is 3. The third-order valence-corrected chi connectivity index (χ3v) is 8.05. The van der Waals surface area contributed by atoms with E-state index in [1.165, 1.54) is 10.9 Å². The van der Waals surface area contributed by atoms with E-state index in [0.29, 0.717) is 50.9 Å². The molecular formula is C35H23BrClN3O4. The lowest BCUT2D eigenvalue weighted by molar-refractivity contribution is 0.286. The van der Waals surface area contributed by atoms with Gasteiger partial charge in [-0.25, -0.2) is 4.98 Å². The topological polar surface area (TPSA) is 78.9 Å². The zero-order chi connectivity index (χ0) is 30.2. The van der Waals surface area contributed by atoms with E-state index >= 15 is 0 Å². The number of fused-ring (bicyclic) bond motifs is 3. The van der Waals surface area contributed by atoms with Crippen molar-refractivity contribution in [1.29, 1.82) is 0 Å². The van der Waals surface area contributed by atoms with Gasteiger partial charge in [-0.05, 0) is 70.4 Å². The summed E-state index contributed by atoms with van der Waals surface area (Å²) in [6.45, 7) is 0.306. The zero-order valence-corrected chi connectivity index (χ0v) is 25.7. The van der Waals surface area contributed by atoms with E-state index in [9.17, 15) is 4.79 Å². The minimum Gasteiger partial charge on any atom is -0.493 e. The minimum absolute atomic E-state index is 0.269. The molecular weight excluding hydrogens is 642 g/mol. The van der Waals surface area contributed by atoms with Crippen molar-refractivity contribution in [2.75, 3.05) is 7.11 Å². The Bertz CT molecular complexity index is 2290. The van der Waals surface area contributed by atoms with Crippen LogP contribution in [-0.4, -0.2) is 23.0 Å². The summed E-state index contributed by atoms with van der Waals surface area (Å²) < 4.78 is 20.1. The van der Waals surface area contributed by atoms with Gasteiger partial charge in [0.1, 0.15) is 12.2 Å². The van der Waals surface area contributed by atoms with Gasteiger partial charge in [0.25, 0.3) is 5.56 Å². The molecule has 0 atom stereocenters. The molecule has 0 bridgehead atoms. The molecule has 0 saturated carbocycles. The van der Waals surface area contributed by atoms with Gasteiger partial charge in [0.2, 0.25) is 5.82 Å². The van der Waals surface area contributed by atoms with Crippen molar-refractivity contribution in [3.63, 3.8) is 0 Å². The van der Waals surface area contributed by atoms with Gasteiger partial charge in [-0.3, -0.25) is 4.79 Å². The van der Waals surface area contributed by atoms with Gasteiger partial charge in [-0.2, -0.15) is 9.78 Å². The summed E-state index contributed by atoms with van der Waals surface area (Å²) in [7, 11) is 1.55. The summed E-state index contributed by atoms with van der Waals surface area (Å²) in [6.07, 6.45) is 1.53. The first-order chi connectivity index (χ1) is 21.5. The Balaban J connectivity index is 1.26. The van der Waals surface area contributed by atoms with Crippen LogP contribution in [0.1, 0.15) is 11.1 Å². The lowest BCUT2D eigenvalue weighted by atomic mass is 10.1. The summed E-state index contributed by atoms with van der Waals surface area (Å²) in [6, 6.07) is 32.4. The molecule has 0 fully saturated rings. The van der Waals surface area contributed by atoms with Crippen LogP contribution in [0, 0.1) is 0 Å². The normalized spacial score (nSPS) is 11.6. The zero-order valence-electron chi connectivity index (χ0n) is 23.3. The molecule has 7 aromatic rings. The lowest BCUT2D eigenvalue weighted by Crippen LogP contribution is -2.20. The molecule has 0 unspecified atom stereocenters. The number of ether oxygens (including phenoxy) is 2. The van der Waals surface area contributed by atoms with Gasteiger partial charge in [0.05, 0.1) is 29.2 Å². The number of methoxy groups -OCH3 is 1. The monoisotopic (exact) mass is 663 g/mol. The first-order valence-corrected chi connectivity index (χ1v) is 14.9. The highest BCUT2D eigenvalue weighted by Gasteiger charge is 2.17. The average Bonchev–Trinajstić information content (AvgIpc) is 3.46. The van der Waals surface area contributed by atoms with Crippen LogP contribution in [0.5, 0.6) is 11.5 Å². The maximum Gasteiger partial charge on any atom is 0.282 e. The first-order valence-electron chi connectivity index (χ1n) is 13.7. The molecule has 44 heavy (non-hydrogen) atoms. The molecule has 0 N–H and O–H groups in total. The van der Waals surface area contributed by atoms with Crippen LogP contribution in [-0.2, 0) is 6.61 Å². The number of halogens is 2. The number of aromatic nitrogens is 2. The largest absolute Gasteiger partial charge is 0.493 e. The lowest BCUT2D eigenvalue weighted by Gasteiger charge is -2.14. The van der Waals surface area contributed by atoms with E-state index in [0.717, 1.165) is 26.2 Å². The van der Waals surface area contributed by atoms with E-state index in [2.05, 4.69) is 39.2 Å². The van der Waals surface area contributed by atoms with Gasteiger partial charge in [-0.15, -0.1) is 0 Å². The van der Waals surface area contributed by atoms with Crippen molar-refractivity contribution in [1.82, 2.24) is 9.66 Å². The Labute approximate surface area is 265 Å². The summed E-state index contributed by atoms with van der Waals surface area (Å²) in [5.74, 6) is 1.53. The van der Waals surface area contributed by atoms with Gasteiger partial charge in [0.15, 0.2) is 17.3 Å². The van der Waals surface area contributed by atoms with Gasteiger partial charge in [-0.1, -0.05) is 82.1 Å². The maximum absolute atomic E-state index is 13.7. The highest BCUT2D eigenvalue weighted by molar-refractivity contribution is 9.10.